The molecule has 0 bridgehead atoms. The molecule has 0 heterocycles. The molecule has 7 nitrogen and oxygen atoms in total. The van der Waals surface area contributed by atoms with Gasteiger partial charge in [0.25, 0.3) is 0 Å². The molecule has 1 unspecified atom stereocenters. The van der Waals surface area contributed by atoms with Crippen LogP contribution >= 0.6 is 7.60 Å². The Morgan fingerprint density at radius 3 is 1.85 bits per heavy atom. The van der Waals surface area contributed by atoms with Crippen LogP contribution in [0.2, 0.25) is 0 Å². The smallest absolute Gasteiger partial charge is 0.357 e. The number of esters is 1. The van der Waals surface area contributed by atoms with Crippen LogP contribution in [-0.2, 0) is 18.3 Å². The third kappa shape index (κ3) is 7.59. The second-order valence-corrected chi connectivity index (χ2v) is 10.5. The fourth-order valence-corrected chi connectivity index (χ4v) is 5.92. The highest BCUT2D eigenvalue weighted by Gasteiger charge is 2.39. The number of rotatable bonds is 13. The van der Waals surface area contributed by atoms with Gasteiger partial charge in [0.05, 0.1) is 24.4 Å². The number of hydrogen-bond donors (Lipinski definition) is 1. The first kappa shape index (κ1) is 27.9. The van der Waals surface area contributed by atoms with Crippen molar-refractivity contribution in [3.8, 4) is 0 Å². The quantitative estimate of drug-likeness (QED) is 0.243. The number of carbonyl (C=O) groups excluding carboxylic acids is 1. The molecule has 2 aromatic carbocycles. The lowest BCUT2D eigenvalue weighted by atomic mass is 10.1. The third-order valence-electron chi connectivity index (χ3n) is 5.07. The van der Waals surface area contributed by atoms with Crippen molar-refractivity contribution < 1.29 is 23.1 Å². The molecule has 0 aromatic heterocycles. The van der Waals surface area contributed by atoms with Crippen molar-refractivity contribution in [2.24, 2.45) is 0 Å². The Hall–Kier alpha value is -2.34. The summed E-state index contributed by atoms with van der Waals surface area (Å²) in [5.41, 5.74) is 3.02. The van der Waals surface area contributed by atoms with Crippen LogP contribution in [0, 0.1) is 0 Å². The van der Waals surface area contributed by atoms with E-state index in [2.05, 4.69) is 24.1 Å². The zero-order chi connectivity index (χ0) is 25.3. The molecular formula is C26H39N2O5P. The standard InChI is InChI=1S/C26H39N2O5P/c1-8-28(9-2)24-17-13-21(14-18-24)25(34(30,32-19(4)5)33-20(6)7)27-23-15-11-22(12-16-23)26(29)31-10-3/h11-20,25,27H,8-10H2,1-7H3. The van der Waals surface area contributed by atoms with E-state index in [1.165, 1.54) is 0 Å². The van der Waals surface area contributed by atoms with Crippen molar-refractivity contribution in [3.05, 3.63) is 59.7 Å². The molecule has 34 heavy (non-hydrogen) atoms. The van der Waals surface area contributed by atoms with E-state index >= 15 is 0 Å². The first-order valence-electron chi connectivity index (χ1n) is 12.0. The summed E-state index contributed by atoms with van der Waals surface area (Å²) < 4.78 is 31.1. The van der Waals surface area contributed by atoms with Crippen molar-refractivity contribution >= 4 is 24.9 Å². The van der Waals surface area contributed by atoms with Crippen LogP contribution in [0.1, 0.15) is 70.2 Å². The van der Waals surface area contributed by atoms with Gasteiger partial charge in [-0.2, -0.15) is 0 Å². The predicted molar refractivity (Wildman–Crippen MR) is 139 cm³/mol. The van der Waals surface area contributed by atoms with Gasteiger partial charge in [-0.3, -0.25) is 4.57 Å². The van der Waals surface area contributed by atoms with Crippen LogP contribution in [0.15, 0.2) is 48.5 Å². The number of carbonyl (C=O) groups is 1. The van der Waals surface area contributed by atoms with Crippen LogP contribution < -0.4 is 10.2 Å². The second-order valence-electron chi connectivity index (χ2n) is 8.46. The summed E-state index contributed by atoms with van der Waals surface area (Å²) in [7, 11) is -3.64. The van der Waals surface area contributed by atoms with Gasteiger partial charge in [-0.05, 0) is 90.4 Å². The van der Waals surface area contributed by atoms with Crippen molar-refractivity contribution in [2.45, 2.75) is 66.5 Å². The molecule has 2 aromatic rings. The van der Waals surface area contributed by atoms with Gasteiger partial charge in [0, 0.05) is 24.5 Å². The highest BCUT2D eigenvalue weighted by Crippen LogP contribution is 2.62. The highest BCUT2D eigenvalue weighted by atomic mass is 31.2. The average Bonchev–Trinajstić information content (AvgIpc) is 2.78. The zero-order valence-electron chi connectivity index (χ0n) is 21.4. The maximum atomic E-state index is 14.1. The van der Waals surface area contributed by atoms with E-state index in [9.17, 15) is 9.36 Å². The monoisotopic (exact) mass is 490 g/mol. The fraction of sp³-hybridized carbons (Fsp3) is 0.500. The van der Waals surface area contributed by atoms with E-state index < -0.39 is 13.4 Å². The summed E-state index contributed by atoms with van der Waals surface area (Å²) in [6, 6.07) is 14.8. The Morgan fingerprint density at radius 2 is 1.41 bits per heavy atom. The molecule has 188 valence electrons. The molecule has 0 radical (unpaired) electrons. The molecule has 0 spiro atoms. The van der Waals surface area contributed by atoms with Crippen molar-refractivity contribution in [1.29, 1.82) is 0 Å². The Balaban J connectivity index is 2.46. The van der Waals surface area contributed by atoms with E-state index in [-0.39, 0.29) is 18.2 Å². The van der Waals surface area contributed by atoms with Crippen LogP contribution in [-0.4, -0.2) is 37.9 Å². The molecule has 0 aliphatic rings. The maximum Gasteiger partial charge on any atom is 0.357 e. The molecule has 2 rings (SSSR count). The summed E-state index contributed by atoms with van der Waals surface area (Å²) >= 11 is 0. The van der Waals surface area contributed by atoms with Crippen LogP contribution in [0.5, 0.6) is 0 Å². The summed E-state index contributed by atoms with van der Waals surface area (Å²) in [4.78, 5) is 14.3. The molecule has 0 amide bonds. The average molecular weight is 491 g/mol. The summed E-state index contributed by atoms with van der Waals surface area (Å²) in [6.45, 7) is 15.5. The molecule has 0 fully saturated rings. The van der Waals surface area contributed by atoms with E-state index in [0.717, 1.165) is 24.3 Å². The Morgan fingerprint density at radius 1 is 0.882 bits per heavy atom. The number of anilines is 2. The normalized spacial score (nSPS) is 12.6. The summed E-state index contributed by atoms with van der Waals surface area (Å²) in [5, 5.41) is 3.34. The highest BCUT2D eigenvalue weighted by molar-refractivity contribution is 7.54. The van der Waals surface area contributed by atoms with Gasteiger partial charge in [-0.1, -0.05) is 12.1 Å². The first-order chi connectivity index (χ1) is 16.1. The van der Waals surface area contributed by atoms with Gasteiger partial charge in [0.2, 0.25) is 0 Å². The van der Waals surface area contributed by atoms with E-state index in [4.69, 9.17) is 13.8 Å². The largest absolute Gasteiger partial charge is 0.462 e. The molecule has 0 aliphatic heterocycles. The maximum absolute atomic E-state index is 14.1. The minimum absolute atomic E-state index is 0.296. The fourth-order valence-electron chi connectivity index (χ4n) is 3.61. The number of hydrogen-bond acceptors (Lipinski definition) is 7. The predicted octanol–water partition coefficient (Wildman–Crippen LogP) is 6.86. The topological polar surface area (TPSA) is 77.1 Å². The zero-order valence-corrected chi connectivity index (χ0v) is 22.3. The van der Waals surface area contributed by atoms with Gasteiger partial charge in [-0.25, -0.2) is 4.79 Å². The van der Waals surface area contributed by atoms with Gasteiger partial charge >= 0.3 is 13.6 Å². The van der Waals surface area contributed by atoms with Crippen molar-refractivity contribution in [2.75, 3.05) is 29.9 Å². The van der Waals surface area contributed by atoms with Gasteiger partial charge in [0.1, 0.15) is 0 Å². The molecule has 0 saturated carbocycles. The Bertz CT molecular complexity index is 927. The molecular weight excluding hydrogens is 451 g/mol. The van der Waals surface area contributed by atoms with Crippen LogP contribution in [0.4, 0.5) is 11.4 Å². The van der Waals surface area contributed by atoms with Crippen molar-refractivity contribution in [1.82, 2.24) is 0 Å². The van der Waals surface area contributed by atoms with E-state index in [1.54, 1.807) is 31.2 Å². The minimum Gasteiger partial charge on any atom is -0.462 e. The second kappa shape index (κ2) is 12.9. The van der Waals surface area contributed by atoms with E-state index in [0.29, 0.717) is 17.9 Å². The lowest BCUT2D eigenvalue weighted by molar-refractivity contribution is 0.0526. The molecule has 0 saturated heterocycles. The van der Waals surface area contributed by atoms with Crippen molar-refractivity contribution in [3.63, 3.8) is 0 Å². The number of ether oxygens (including phenoxy) is 1. The van der Waals surface area contributed by atoms with E-state index in [1.807, 2.05) is 52.0 Å². The minimum atomic E-state index is -3.64. The Kier molecular flexibility index (Phi) is 10.6. The van der Waals surface area contributed by atoms with Crippen LogP contribution in [0.25, 0.3) is 0 Å². The number of nitrogens with zero attached hydrogens (tertiary/aromatic N) is 1. The van der Waals surface area contributed by atoms with Gasteiger partial charge in [0.15, 0.2) is 5.78 Å². The summed E-state index contributed by atoms with van der Waals surface area (Å²) in [5.74, 6) is -1.12. The number of nitrogens with one attached hydrogen (secondary N) is 1. The summed E-state index contributed by atoms with van der Waals surface area (Å²) in [6.07, 6.45) is -0.593. The third-order valence-corrected chi connectivity index (χ3v) is 7.56. The molecule has 1 atom stereocenters. The van der Waals surface area contributed by atoms with Gasteiger partial charge in [-0.15, -0.1) is 0 Å². The lowest BCUT2D eigenvalue weighted by Gasteiger charge is -2.31. The molecule has 1 N–H and O–H groups in total. The van der Waals surface area contributed by atoms with Crippen LogP contribution in [0.3, 0.4) is 0 Å². The first-order valence-corrected chi connectivity index (χ1v) is 13.6. The lowest BCUT2D eigenvalue weighted by Crippen LogP contribution is -2.22. The SMILES string of the molecule is CCOC(=O)c1ccc(NC(c2ccc(N(CC)CC)cc2)P(=O)(OC(C)C)OC(C)C)cc1. The molecule has 8 heteroatoms. The Labute approximate surface area is 204 Å². The van der Waals surface area contributed by atoms with Gasteiger partial charge < -0.3 is 24.0 Å². The molecule has 0 aliphatic carbocycles. The number of benzene rings is 2.